The monoisotopic (exact) mass is 367 g/mol. The van der Waals surface area contributed by atoms with Crippen LogP contribution in [0, 0.1) is 13.8 Å². The van der Waals surface area contributed by atoms with Gasteiger partial charge in [-0.05, 0) is 44.9 Å². The number of furan rings is 1. The van der Waals surface area contributed by atoms with E-state index in [4.69, 9.17) is 4.42 Å². The molecule has 7 heteroatoms. The molecule has 140 valence electrons. The summed E-state index contributed by atoms with van der Waals surface area (Å²) in [6, 6.07) is 7.74. The number of piperidine rings is 1. The van der Waals surface area contributed by atoms with Gasteiger partial charge in [-0.2, -0.15) is 5.10 Å². The lowest BCUT2D eigenvalue weighted by Gasteiger charge is -2.32. The molecular formula is C20H21N3O4. The Morgan fingerprint density at radius 2 is 1.93 bits per heavy atom. The maximum Gasteiger partial charge on any atom is 0.339 e. The highest BCUT2D eigenvalue weighted by atomic mass is 16.4. The van der Waals surface area contributed by atoms with Crippen LogP contribution in [0.3, 0.4) is 0 Å². The Morgan fingerprint density at radius 3 is 2.59 bits per heavy atom. The summed E-state index contributed by atoms with van der Waals surface area (Å²) >= 11 is 0. The number of carbonyl (C=O) groups is 2. The van der Waals surface area contributed by atoms with Crippen LogP contribution in [0.1, 0.15) is 51.1 Å². The van der Waals surface area contributed by atoms with Crippen LogP contribution >= 0.6 is 0 Å². The highest BCUT2D eigenvalue weighted by Gasteiger charge is 2.28. The minimum Gasteiger partial charge on any atom is -0.478 e. The fourth-order valence-electron chi connectivity index (χ4n) is 3.74. The van der Waals surface area contributed by atoms with Gasteiger partial charge in [0.1, 0.15) is 11.1 Å². The van der Waals surface area contributed by atoms with Crippen molar-refractivity contribution >= 4 is 22.8 Å². The van der Waals surface area contributed by atoms with Gasteiger partial charge in [-0.3, -0.25) is 9.48 Å². The van der Waals surface area contributed by atoms with Crippen LogP contribution < -0.4 is 0 Å². The van der Waals surface area contributed by atoms with E-state index in [1.165, 1.54) is 6.20 Å². The summed E-state index contributed by atoms with van der Waals surface area (Å²) < 4.78 is 7.50. The van der Waals surface area contributed by atoms with Gasteiger partial charge >= 0.3 is 5.97 Å². The number of rotatable bonds is 3. The van der Waals surface area contributed by atoms with Crippen LogP contribution in [0.5, 0.6) is 0 Å². The van der Waals surface area contributed by atoms with Crippen molar-refractivity contribution in [3.63, 3.8) is 0 Å². The SMILES string of the molecule is Cc1ccc2oc(C(=O)N3CCC(n4ncc(C(=O)O)c4C)CC3)cc2c1. The topological polar surface area (TPSA) is 88.6 Å². The molecule has 0 radical (unpaired) electrons. The highest BCUT2D eigenvalue weighted by molar-refractivity contribution is 5.96. The molecule has 7 nitrogen and oxygen atoms in total. The van der Waals surface area contributed by atoms with Crippen LogP contribution in [0.4, 0.5) is 0 Å². The molecule has 0 unspecified atom stereocenters. The summed E-state index contributed by atoms with van der Waals surface area (Å²) in [6.45, 7) is 4.94. The third-order valence-corrected chi connectivity index (χ3v) is 5.26. The fourth-order valence-corrected chi connectivity index (χ4v) is 3.74. The first kappa shape index (κ1) is 17.3. The standard InChI is InChI=1S/C20H21N3O4/c1-12-3-4-17-14(9-12)10-18(27-17)19(24)22-7-5-15(6-8-22)23-13(2)16(11-21-23)20(25)26/h3-4,9-11,15H,5-8H2,1-2H3,(H,25,26). The van der Waals surface area contributed by atoms with E-state index in [1.807, 2.05) is 25.1 Å². The van der Waals surface area contributed by atoms with E-state index in [9.17, 15) is 14.7 Å². The zero-order valence-corrected chi connectivity index (χ0v) is 15.3. The molecule has 1 saturated heterocycles. The van der Waals surface area contributed by atoms with E-state index in [2.05, 4.69) is 5.10 Å². The van der Waals surface area contributed by atoms with E-state index in [1.54, 1.807) is 22.6 Å². The third-order valence-electron chi connectivity index (χ3n) is 5.26. The average Bonchev–Trinajstić information content (AvgIpc) is 3.24. The predicted molar refractivity (Wildman–Crippen MR) is 99.0 cm³/mol. The second-order valence-electron chi connectivity index (χ2n) is 7.07. The summed E-state index contributed by atoms with van der Waals surface area (Å²) in [4.78, 5) is 25.8. The zero-order valence-electron chi connectivity index (χ0n) is 15.3. The second-order valence-corrected chi connectivity index (χ2v) is 7.07. The number of likely N-dealkylation sites (tertiary alicyclic amines) is 1. The molecule has 4 rings (SSSR count). The van der Waals surface area contributed by atoms with Gasteiger partial charge < -0.3 is 14.4 Å². The molecule has 2 aromatic heterocycles. The summed E-state index contributed by atoms with van der Waals surface area (Å²) in [6.07, 6.45) is 2.85. The van der Waals surface area contributed by atoms with Crippen LogP contribution in [0.15, 0.2) is 34.9 Å². The summed E-state index contributed by atoms with van der Waals surface area (Å²) in [7, 11) is 0. The molecule has 1 aliphatic rings. The van der Waals surface area contributed by atoms with E-state index >= 15 is 0 Å². The Morgan fingerprint density at radius 1 is 1.19 bits per heavy atom. The van der Waals surface area contributed by atoms with Crippen molar-refractivity contribution in [3.8, 4) is 0 Å². The summed E-state index contributed by atoms with van der Waals surface area (Å²) in [5.41, 5.74) is 2.72. The Kier molecular flexibility index (Phi) is 4.22. The molecule has 3 heterocycles. The average molecular weight is 367 g/mol. The number of aryl methyl sites for hydroxylation is 1. The van der Waals surface area contributed by atoms with Gasteiger partial charge in [-0.15, -0.1) is 0 Å². The Bertz CT molecular complexity index is 1030. The molecule has 0 bridgehead atoms. The first-order chi connectivity index (χ1) is 12.9. The van der Waals surface area contributed by atoms with Gasteiger partial charge in [-0.25, -0.2) is 4.79 Å². The smallest absolute Gasteiger partial charge is 0.339 e. The molecule has 27 heavy (non-hydrogen) atoms. The number of fused-ring (bicyclic) bond motifs is 1. The molecule has 0 atom stereocenters. The number of carbonyl (C=O) groups excluding carboxylic acids is 1. The number of benzene rings is 1. The zero-order chi connectivity index (χ0) is 19.1. The molecule has 1 amide bonds. The Labute approximate surface area is 156 Å². The largest absolute Gasteiger partial charge is 0.478 e. The maximum atomic E-state index is 12.8. The molecule has 1 N–H and O–H groups in total. The fraction of sp³-hybridized carbons (Fsp3) is 0.350. The number of carboxylic acid groups (broad SMARTS) is 1. The molecule has 3 aromatic rings. The van der Waals surface area contributed by atoms with Crippen LogP contribution in [-0.4, -0.2) is 44.8 Å². The molecule has 0 saturated carbocycles. The van der Waals surface area contributed by atoms with Crippen molar-refractivity contribution in [1.29, 1.82) is 0 Å². The lowest BCUT2D eigenvalue weighted by molar-refractivity contribution is 0.0659. The van der Waals surface area contributed by atoms with Gasteiger partial charge in [-0.1, -0.05) is 11.6 Å². The molecular weight excluding hydrogens is 346 g/mol. The number of amides is 1. The number of hydrogen-bond acceptors (Lipinski definition) is 4. The molecule has 1 aromatic carbocycles. The summed E-state index contributed by atoms with van der Waals surface area (Å²) in [5.74, 6) is -0.713. The van der Waals surface area contributed by atoms with Crippen molar-refractivity contribution in [3.05, 3.63) is 53.0 Å². The number of aromatic carboxylic acids is 1. The second kappa shape index (κ2) is 6.57. The van der Waals surface area contributed by atoms with Crippen LogP contribution in [0.25, 0.3) is 11.0 Å². The van der Waals surface area contributed by atoms with Crippen molar-refractivity contribution in [1.82, 2.24) is 14.7 Å². The van der Waals surface area contributed by atoms with Crippen molar-refractivity contribution in [2.45, 2.75) is 32.7 Å². The van der Waals surface area contributed by atoms with Gasteiger partial charge in [0.05, 0.1) is 17.9 Å². The van der Waals surface area contributed by atoms with Crippen molar-refractivity contribution in [2.75, 3.05) is 13.1 Å². The minimum absolute atomic E-state index is 0.0977. The lowest BCUT2D eigenvalue weighted by Crippen LogP contribution is -2.39. The van der Waals surface area contributed by atoms with Crippen molar-refractivity contribution < 1.29 is 19.1 Å². The number of hydrogen-bond donors (Lipinski definition) is 1. The number of carboxylic acids is 1. The van der Waals surface area contributed by atoms with Gasteiger partial charge in [0.25, 0.3) is 5.91 Å². The van der Waals surface area contributed by atoms with E-state index in [-0.39, 0.29) is 17.5 Å². The van der Waals surface area contributed by atoms with Crippen LogP contribution in [-0.2, 0) is 0 Å². The van der Waals surface area contributed by atoms with E-state index < -0.39 is 5.97 Å². The third kappa shape index (κ3) is 3.09. The minimum atomic E-state index is -0.966. The first-order valence-electron chi connectivity index (χ1n) is 9.01. The van der Waals surface area contributed by atoms with Crippen molar-refractivity contribution in [2.24, 2.45) is 0 Å². The maximum absolute atomic E-state index is 12.8. The molecule has 0 spiro atoms. The van der Waals surface area contributed by atoms with Gasteiger partial charge in [0, 0.05) is 18.5 Å². The van der Waals surface area contributed by atoms with Gasteiger partial charge in [0.15, 0.2) is 5.76 Å². The Balaban J connectivity index is 1.46. The molecule has 0 aliphatic carbocycles. The van der Waals surface area contributed by atoms with Crippen LogP contribution in [0.2, 0.25) is 0 Å². The highest BCUT2D eigenvalue weighted by Crippen LogP contribution is 2.27. The lowest BCUT2D eigenvalue weighted by atomic mass is 10.0. The normalized spacial score (nSPS) is 15.4. The summed E-state index contributed by atoms with van der Waals surface area (Å²) in [5, 5.41) is 14.4. The number of aromatic nitrogens is 2. The first-order valence-corrected chi connectivity index (χ1v) is 9.01. The molecule has 1 fully saturated rings. The van der Waals surface area contributed by atoms with Gasteiger partial charge in [0.2, 0.25) is 0 Å². The van der Waals surface area contributed by atoms with E-state index in [0.29, 0.717) is 30.1 Å². The quantitative estimate of drug-likeness (QED) is 0.766. The number of nitrogens with zero attached hydrogens (tertiary/aromatic N) is 3. The Hall–Kier alpha value is -3.09. The predicted octanol–water partition coefficient (Wildman–Crippen LogP) is 3.42. The van der Waals surface area contributed by atoms with E-state index in [0.717, 1.165) is 23.8 Å². The molecule has 1 aliphatic heterocycles.